The van der Waals surface area contributed by atoms with Crippen molar-refractivity contribution in [3.05, 3.63) is 0 Å². The smallest absolute Gasteiger partial charge is 0.403 e. The Morgan fingerprint density at radius 1 is 1.46 bits per heavy atom. The Labute approximate surface area is 76.3 Å². The number of hydrogen-bond donors (Lipinski definition) is 1. The minimum absolute atomic E-state index is 0.355. The predicted molar refractivity (Wildman–Crippen MR) is 40.3 cm³/mol. The Bertz CT molecular complexity index is 214. The fourth-order valence-corrected chi connectivity index (χ4v) is 1.24. The Balaban J connectivity index is 4.28. The maximum Gasteiger partial charge on any atom is 0.403 e. The molecular weight excluding hydrogens is 209 g/mol. The highest BCUT2D eigenvalue weighted by Gasteiger charge is 2.45. The molecule has 13 heavy (non-hydrogen) atoms. The number of hydrogen-bond acceptors (Lipinski definition) is 3. The van der Waals surface area contributed by atoms with Crippen LogP contribution in [0.1, 0.15) is 6.92 Å². The molecule has 0 saturated heterocycles. The van der Waals surface area contributed by atoms with E-state index in [-0.39, 0.29) is 0 Å². The van der Waals surface area contributed by atoms with Crippen molar-refractivity contribution in [2.45, 2.75) is 13.1 Å². The molecule has 0 rings (SSSR count). The third-order valence-corrected chi connectivity index (χ3v) is 2.05. The van der Waals surface area contributed by atoms with Gasteiger partial charge in [-0.25, -0.2) is 0 Å². The summed E-state index contributed by atoms with van der Waals surface area (Å²) in [5, 5.41) is 7.65. The molecule has 0 spiro atoms. The normalized spacial score (nSPS) is 13.8. The summed E-state index contributed by atoms with van der Waals surface area (Å²) in [6.45, 7) is 1.08. The SMILES string of the molecule is CC(=O)SC[C@H](C(=O)O)C(F)(F)F. The van der Waals surface area contributed by atoms with Crippen LogP contribution in [0.3, 0.4) is 0 Å². The van der Waals surface area contributed by atoms with E-state index in [0.29, 0.717) is 11.8 Å². The number of carboxylic acids is 1. The van der Waals surface area contributed by atoms with E-state index in [1.54, 1.807) is 0 Å². The van der Waals surface area contributed by atoms with Gasteiger partial charge in [0.25, 0.3) is 0 Å². The number of carbonyl (C=O) groups is 2. The van der Waals surface area contributed by atoms with Crippen LogP contribution < -0.4 is 0 Å². The molecule has 7 heteroatoms. The summed E-state index contributed by atoms with van der Waals surface area (Å²) in [5.74, 6) is -5.20. The van der Waals surface area contributed by atoms with Gasteiger partial charge >= 0.3 is 12.1 Å². The van der Waals surface area contributed by atoms with Gasteiger partial charge in [0.05, 0.1) is 0 Å². The van der Waals surface area contributed by atoms with Crippen molar-refractivity contribution in [1.29, 1.82) is 0 Å². The fraction of sp³-hybridized carbons (Fsp3) is 0.667. The largest absolute Gasteiger partial charge is 0.481 e. The van der Waals surface area contributed by atoms with E-state index in [1.165, 1.54) is 0 Å². The van der Waals surface area contributed by atoms with Crippen molar-refractivity contribution in [3.8, 4) is 0 Å². The van der Waals surface area contributed by atoms with E-state index in [4.69, 9.17) is 5.11 Å². The number of carbonyl (C=O) groups excluding carboxylic acids is 1. The van der Waals surface area contributed by atoms with Crippen molar-refractivity contribution in [3.63, 3.8) is 0 Å². The van der Waals surface area contributed by atoms with Crippen molar-refractivity contribution in [2.24, 2.45) is 5.92 Å². The molecule has 76 valence electrons. The van der Waals surface area contributed by atoms with Crippen molar-refractivity contribution in [2.75, 3.05) is 5.75 Å². The average Bonchev–Trinajstić information content (AvgIpc) is 1.81. The molecule has 3 nitrogen and oxygen atoms in total. The lowest BCUT2D eigenvalue weighted by atomic mass is 10.2. The number of halogens is 3. The number of alkyl halides is 3. The van der Waals surface area contributed by atoms with Crippen LogP contribution in [-0.4, -0.2) is 28.1 Å². The molecule has 0 aliphatic rings. The molecule has 0 amide bonds. The van der Waals surface area contributed by atoms with Crippen LogP contribution in [0.2, 0.25) is 0 Å². The molecular formula is C6H7F3O3S. The van der Waals surface area contributed by atoms with Gasteiger partial charge in [0.15, 0.2) is 11.0 Å². The summed E-state index contributed by atoms with van der Waals surface area (Å²) in [5.41, 5.74) is 0. The summed E-state index contributed by atoms with van der Waals surface area (Å²) in [6, 6.07) is 0. The number of aliphatic carboxylic acids is 1. The average molecular weight is 216 g/mol. The summed E-state index contributed by atoms with van der Waals surface area (Å²) in [4.78, 5) is 20.4. The van der Waals surface area contributed by atoms with Gasteiger partial charge in [-0.1, -0.05) is 11.8 Å². The molecule has 0 aromatic rings. The predicted octanol–water partition coefficient (Wildman–Crippen LogP) is 1.53. The molecule has 1 atom stereocenters. The first-order valence-electron chi connectivity index (χ1n) is 3.18. The van der Waals surface area contributed by atoms with E-state index in [0.717, 1.165) is 6.92 Å². The Morgan fingerprint density at radius 2 is 1.92 bits per heavy atom. The summed E-state index contributed by atoms with van der Waals surface area (Å²) in [6.07, 6.45) is -4.80. The Kier molecular flexibility index (Phi) is 4.25. The van der Waals surface area contributed by atoms with Crippen LogP contribution in [-0.2, 0) is 9.59 Å². The van der Waals surface area contributed by atoms with Gasteiger partial charge in [-0.15, -0.1) is 0 Å². The number of rotatable bonds is 3. The number of thioether (sulfide) groups is 1. The maximum absolute atomic E-state index is 11.9. The maximum atomic E-state index is 11.9. The van der Waals surface area contributed by atoms with Crippen molar-refractivity contribution < 1.29 is 27.9 Å². The molecule has 0 saturated carbocycles. The molecule has 0 unspecified atom stereocenters. The fourth-order valence-electron chi connectivity index (χ4n) is 0.506. The molecule has 0 fully saturated rings. The monoisotopic (exact) mass is 216 g/mol. The van der Waals surface area contributed by atoms with Gasteiger partial charge in [0.1, 0.15) is 0 Å². The molecule has 1 N–H and O–H groups in total. The van der Waals surface area contributed by atoms with Crippen LogP contribution >= 0.6 is 11.8 Å². The minimum Gasteiger partial charge on any atom is -0.481 e. The van der Waals surface area contributed by atoms with Gasteiger partial charge in [0, 0.05) is 12.7 Å². The zero-order valence-corrected chi connectivity index (χ0v) is 7.41. The Hall–Kier alpha value is -0.720. The standard InChI is InChI=1S/C6H7F3O3S/c1-3(10)13-2-4(5(11)12)6(7,8)9/h4H,2H2,1H3,(H,11,12)/t4-/m1/s1. The zero-order valence-electron chi connectivity index (χ0n) is 6.59. The highest BCUT2D eigenvalue weighted by molar-refractivity contribution is 8.13. The molecule has 0 aromatic heterocycles. The quantitative estimate of drug-likeness (QED) is 0.777. The van der Waals surface area contributed by atoms with Crippen LogP contribution in [0, 0.1) is 5.92 Å². The first-order chi connectivity index (χ1) is 5.75. The Morgan fingerprint density at radius 3 is 2.15 bits per heavy atom. The summed E-state index contributed by atoms with van der Waals surface area (Å²) < 4.78 is 35.7. The molecule has 0 radical (unpaired) electrons. The molecule has 0 bridgehead atoms. The molecule has 0 aliphatic carbocycles. The second-order valence-corrected chi connectivity index (χ2v) is 3.43. The van der Waals surface area contributed by atoms with Crippen LogP contribution in [0.4, 0.5) is 13.2 Å². The lowest BCUT2D eigenvalue weighted by molar-refractivity contribution is -0.188. The third-order valence-electron chi connectivity index (χ3n) is 1.15. The van der Waals surface area contributed by atoms with E-state index in [9.17, 15) is 22.8 Å². The van der Waals surface area contributed by atoms with Gasteiger partial charge in [-0.3, -0.25) is 9.59 Å². The highest BCUT2D eigenvalue weighted by atomic mass is 32.2. The van der Waals surface area contributed by atoms with E-state index >= 15 is 0 Å². The second-order valence-electron chi connectivity index (χ2n) is 2.24. The van der Waals surface area contributed by atoms with Crippen LogP contribution in [0.5, 0.6) is 0 Å². The topological polar surface area (TPSA) is 54.4 Å². The molecule has 0 heterocycles. The summed E-state index contributed by atoms with van der Waals surface area (Å²) in [7, 11) is 0. The zero-order chi connectivity index (χ0) is 10.6. The molecule has 0 aliphatic heterocycles. The van der Waals surface area contributed by atoms with Crippen molar-refractivity contribution >= 4 is 22.8 Å². The number of carboxylic acid groups (broad SMARTS) is 1. The molecule has 0 aromatic carbocycles. The van der Waals surface area contributed by atoms with Gasteiger partial charge in [-0.2, -0.15) is 13.2 Å². The first-order valence-corrected chi connectivity index (χ1v) is 4.16. The van der Waals surface area contributed by atoms with E-state index < -0.39 is 28.9 Å². The lowest BCUT2D eigenvalue weighted by Crippen LogP contribution is -2.32. The first kappa shape index (κ1) is 12.3. The lowest BCUT2D eigenvalue weighted by Gasteiger charge is -2.14. The van der Waals surface area contributed by atoms with Crippen LogP contribution in [0.25, 0.3) is 0 Å². The third kappa shape index (κ3) is 4.76. The van der Waals surface area contributed by atoms with Gasteiger partial charge in [-0.05, 0) is 0 Å². The summed E-state index contributed by atoms with van der Waals surface area (Å²) >= 11 is 0.355. The van der Waals surface area contributed by atoms with E-state index in [1.807, 2.05) is 0 Å². The van der Waals surface area contributed by atoms with Gasteiger partial charge in [0.2, 0.25) is 0 Å². The van der Waals surface area contributed by atoms with Gasteiger partial charge < -0.3 is 5.11 Å². The highest BCUT2D eigenvalue weighted by Crippen LogP contribution is 2.29. The minimum atomic E-state index is -4.80. The van der Waals surface area contributed by atoms with Crippen molar-refractivity contribution in [1.82, 2.24) is 0 Å². The van der Waals surface area contributed by atoms with E-state index in [2.05, 4.69) is 0 Å². The van der Waals surface area contributed by atoms with Crippen LogP contribution in [0.15, 0.2) is 0 Å². The second kappa shape index (κ2) is 4.50.